The Labute approximate surface area is 173 Å². The number of anilines is 1. The van der Waals surface area contributed by atoms with Gasteiger partial charge in [0.15, 0.2) is 11.6 Å². The molecule has 1 aliphatic rings. The number of furan rings is 2. The van der Waals surface area contributed by atoms with Crippen LogP contribution in [0, 0.1) is 0 Å². The van der Waals surface area contributed by atoms with Crippen molar-refractivity contribution in [3.05, 3.63) is 66.8 Å². The molecular weight excluding hydrogens is 380 g/mol. The van der Waals surface area contributed by atoms with Crippen molar-refractivity contribution >= 4 is 22.6 Å². The van der Waals surface area contributed by atoms with Crippen LogP contribution < -0.4 is 10.2 Å². The van der Waals surface area contributed by atoms with Crippen LogP contribution in [-0.4, -0.2) is 28.5 Å². The molecule has 30 heavy (non-hydrogen) atoms. The van der Waals surface area contributed by atoms with E-state index in [0.717, 1.165) is 35.3 Å². The number of carbonyl (C=O) groups excluding carboxylic acids is 1. The van der Waals surface area contributed by atoms with Gasteiger partial charge in [0.2, 0.25) is 5.91 Å². The van der Waals surface area contributed by atoms with E-state index >= 15 is 0 Å². The number of aromatic nitrogens is 2. The highest BCUT2D eigenvalue weighted by Crippen LogP contribution is 2.35. The van der Waals surface area contributed by atoms with E-state index in [0.29, 0.717) is 37.1 Å². The van der Waals surface area contributed by atoms with Crippen molar-refractivity contribution in [3.8, 4) is 11.6 Å². The van der Waals surface area contributed by atoms with Crippen molar-refractivity contribution in [2.75, 3.05) is 11.4 Å². The third kappa shape index (κ3) is 3.91. The quantitative estimate of drug-likeness (QED) is 0.476. The van der Waals surface area contributed by atoms with Gasteiger partial charge in [0.1, 0.15) is 11.6 Å². The first kappa shape index (κ1) is 18.4. The number of rotatable bonds is 8. The Morgan fingerprint density at radius 1 is 1.03 bits per heavy atom. The minimum atomic E-state index is -0.0123. The summed E-state index contributed by atoms with van der Waals surface area (Å²) in [4.78, 5) is 24.2. The SMILES string of the molecule is O=C(CCN(c1nc(-c2ccco2)nc2ccccc12)C1CC1)NCc1ccco1. The lowest BCUT2D eigenvalue weighted by atomic mass is 10.2. The lowest BCUT2D eigenvalue weighted by molar-refractivity contribution is -0.121. The largest absolute Gasteiger partial charge is 0.467 e. The van der Waals surface area contributed by atoms with E-state index in [1.807, 2.05) is 48.5 Å². The standard InChI is InChI=1S/C23H22N4O3/c28-21(24-15-17-5-3-13-29-17)11-12-27(16-9-10-16)23-18-6-1-2-7-19(18)25-22(26-23)20-8-4-14-30-20/h1-8,13-14,16H,9-12,15H2,(H,24,28). The van der Waals surface area contributed by atoms with Crippen LogP contribution in [-0.2, 0) is 11.3 Å². The maximum Gasteiger partial charge on any atom is 0.222 e. The summed E-state index contributed by atoms with van der Waals surface area (Å²) < 4.78 is 10.8. The molecule has 7 heteroatoms. The monoisotopic (exact) mass is 402 g/mol. The van der Waals surface area contributed by atoms with E-state index in [4.69, 9.17) is 13.8 Å². The molecule has 1 fully saturated rings. The van der Waals surface area contributed by atoms with Gasteiger partial charge < -0.3 is 19.1 Å². The number of benzene rings is 1. The Bertz CT molecular complexity index is 1130. The molecule has 1 saturated carbocycles. The van der Waals surface area contributed by atoms with Gasteiger partial charge in [-0.15, -0.1) is 0 Å². The zero-order chi connectivity index (χ0) is 20.3. The summed E-state index contributed by atoms with van der Waals surface area (Å²) in [6.45, 7) is 0.988. The van der Waals surface area contributed by atoms with E-state index in [1.54, 1.807) is 12.5 Å². The number of amides is 1. The molecule has 3 aromatic heterocycles. The van der Waals surface area contributed by atoms with Crippen LogP contribution in [0.15, 0.2) is 69.9 Å². The summed E-state index contributed by atoms with van der Waals surface area (Å²) >= 11 is 0. The Morgan fingerprint density at radius 2 is 1.87 bits per heavy atom. The molecule has 0 spiro atoms. The molecule has 3 heterocycles. The van der Waals surface area contributed by atoms with E-state index < -0.39 is 0 Å². The Hall–Kier alpha value is -3.61. The molecule has 1 N–H and O–H groups in total. The van der Waals surface area contributed by atoms with Crippen LogP contribution in [0.3, 0.4) is 0 Å². The smallest absolute Gasteiger partial charge is 0.222 e. The molecular formula is C23H22N4O3. The average Bonchev–Trinajstić information content (AvgIpc) is 3.23. The highest BCUT2D eigenvalue weighted by Gasteiger charge is 2.32. The summed E-state index contributed by atoms with van der Waals surface area (Å²) in [7, 11) is 0. The average molecular weight is 402 g/mol. The van der Waals surface area contributed by atoms with Crippen LogP contribution in [0.2, 0.25) is 0 Å². The second-order valence-electron chi connectivity index (χ2n) is 7.40. The molecule has 1 aromatic carbocycles. The number of hydrogen-bond donors (Lipinski definition) is 1. The molecule has 4 aromatic rings. The third-order valence-electron chi connectivity index (χ3n) is 5.20. The van der Waals surface area contributed by atoms with Gasteiger partial charge in [0.25, 0.3) is 0 Å². The number of para-hydroxylation sites is 1. The fourth-order valence-electron chi connectivity index (χ4n) is 3.55. The minimum Gasteiger partial charge on any atom is -0.467 e. The Kier molecular flexibility index (Phi) is 4.93. The summed E-state index contributed by atoms with van der Waals surface area (Å²) in [5, 5.41) is 3.90. The van der Waals surface area contributed by atoms with Crippen molar-refractivity contribution < 1.29 is 13.6 Å². The molecule has 0 bridgehead atoms. The molecule has 7 nitrogen and oxygen atoms in total. The maximum atomic E-state index is 12.4. The van der Waals surface area contributed by atoms with Crippen molar-refractivity contribution in [1.29, 1.82) is 0 Å². The van der Waals surface area contributed by atoms with Crippen LogP contribution >= 0.6 is 0 Å². The molecule has 1 aliphatic carbocycles. The van der Waals surface area contributed by atoms with Gasteiger partial charge in [-0.25, -0.2) is 9.97 Å². The van der Waals surface area contributed by atoms with Crippen LogP contribution in [0.4, 0.5) is 5.82 Å². The molecule has 0 saturated heterocycles. The van der Waals surface area contributed by atoms with Gasteiger partial charge in [-0.05, 0) is 49.2 Å². The first-order valence-electron chi connectivity index (χ1n) is 10.1. The number of nitrogens with zero attached hydrogens (tertiary/aromatic N) is 3. The molecule has 0 radical (unpaired) electrons. The van der Waals surface area contributed by atoms with Gasteiger partial charge >= 0.3 is 0 Å². The Morgan fingerprint density at radius 3 is 2.63 bits per heavy atom. The van der Waals surface area contributed by atoms with Gasteiger partial charge in [0, 0.05) is 24.4 Å². The van der Waals surface area contributed by atoms with Crippen molar-refractivity contribution in [2.24, 2.45) is 0 Å². The number of carbonyl (C=O) groups is 1. The highest BCUT2D eigenvalue weighted by atomic mass is 16.3. The van der Waals surface area contributed by atoms with Crippen LogP contribution in [0.1, 0.15) is 25.0 Å². The first-order valence-corrected chi connectivity index (χ1v) is 10.1. The number of nitrogens with one attached hydrogen (secondary N) is 1. The van der Waals surface area contributed by atoms with E-state index in [-0.39, 0.29) is 5.91 Å². The van der Waals surface area contributed by atoms with Crippen molar-refractivity contribution in [1.82, 2.24) is 15.3 Å². The third-order valence-corrected chi connectivity index (χ3v) is 5.20. The van der Waals surface area contributed by atoms with Crippen molar-refractivity contribution in [3.63, 3.8) is 0 Å². The summed E-state index contributed by atoms with van der Waals surface area (Å²) in [5.74, 6) is 2.78. The molecule has 0 aliphatic heterocycles. The van der Waals surface area contributed by atoms with Gasteiger partial charge in [-0.3, -0.25) is 4.79 Å². The molecule has 5 rings (SSSR count). The topological polar surface area (TPSA) is 84.4 Å². The summed E-state index contributed by atoms with van der Waals surface area (Å²) in [6.07, 6.45) is 5.80. The predicted molar refractivity (Wildman–Crippen MR) is 113 cm³/mol. The second kappa shape index (κ2) is 8.02. The minimum absolute atomic E-state index is 0.0123. The molecule has 1 amide bonds. The lowest BCUT2D eigenvalue weighted by Gasteiger charge is -2.25. The lowest BCUT2D eigenvalue weighted by Crippen LogP contribution is -2.33. The zero-order valence-electron chi connectivity index (χ0n) is 16.5. The van der Waals surface area contributed by atoms with Gasteiger partial charge in [-0.1, -0.05) is 12.1 Å². The molecule has 0 atom stereocenters. The fourth-order valence-corrected chi connectivity index (χ4v) is 3.55. The van der Waals surface area contributed by atoms with E-state index in [1.165, 1.54) is 0 Å². The maximum absolute atomic E-state index is 12.4. The van der Waals surface area contributed by atoms with Crippen LogP contribution in [0.5, 0.6) is 0 Å². The first-order chi connectivity index (χ1) is 14.8. The second-order valence-corrected chi connectivity index (χ2v) is 7.40. The van der Waals surface area contributed by atoms with Crippen molar-refractivity contribution in [2.45, 2.75) is 31.8 Å². The number of hydrogen-bond acceptors (Lipinski definition) is 6. The molecule has 0 unspecified atom stereocenters. The fraction of sp³-hybridized carbons (Fsp3) is 0.261. The van der Waals surface area contributed by atoms with Crippen LogP contribution in [0.25, 0.3) is 22.5 Å². The van der Waals surface area contributed by atoms with E-state index in [2.05, 4.69) is 15.2 Å². The zero-order valence-corrected chi connectivity index (χ0v) is 16.5. The van der Waals surface area contributed by atoms with Gasteiger partial charge in [0.05, 0.1) is 24.6 Å². The predicted octanol–water partition coefficient (Wildman–Crippen LogP) is 4.16. The molecule has 152 valence electrons. The highest BCUT2D eigenvalue weighted by molar-refractivity contribution is 5.91. The van der Waals surface area contributed by atoms with Gasteiger partial charge in [-0.2, -0.15) is 0 Å². The summed E-state index contributed by atoms with van der Waals surface area (Å²) in [6, 6.07) is 15.7. The normalized spacial score (nSPS) is 13.5. The number of fused-ring (bicyclic) bond motifs is 1. The Balaban J connectivity index is 1.39. The summed E-state index contributed by atoms with van der Waals surface area (Å²) in [5.41, 5.74) is 0.863. The van der Waals surface area contributed by atoms with E-state index in [9.17, 15) is 4.79 Å².